The summed E-state index contributed by atoms with van der Waals surface area (Å²) in [4.78, 5) is 23.4. The molecule has 0 amide bonds. The van der Waals surface area contributed by atoms with Crippen molar-refractivity contribution in [3.8, 4) is 0 Å². The zero-order valence-electron chi connectivity index (χ0n) is 31.3. The first-order valence-corrected chi connectivity index (χ1v) is 17.3. The number of rotatable bonds is 3. The fraction of sp³-hybridized carbons (Fsp3) is 0.0909. The third-order valence-corrected chi connectivity index (χ3v) is 9.68. The molecule has 290 valence electrons. The number of hydrogen-bond acceptors (Lipinski definition) is 4. The van der Waals surface area contributed by atoms with Crippen LogP contribution < -0.4 is 68.3 Å². The van der Waals surface area contributed by atoms with Crippen molar-refractivity contribution in [1.29, 1.82) is 0 Å². The number of allylic oxidation sites excluding steroid dienone is 11. The van der Waals surface area contributed by atoms with E-state index in [9.17, 15) is 0 Å². The molecule has 0 saturated heterocycles. The number of aromatic nitrogens is 4. The molecule has 4 aromatic rings. The largest absolute Gasteiger partial charge is 2.00 e. The number of fused-ring (bicyclic) bond motifs is 5. The zero-order valence-corrected chi connectivity index (χ0v) is 36.6. The van der Waals surface area contributed by atoms with Crippen LogP contribution in [0.3, 0.4) is 0 Å². The quantitative estimate of drug-likeness (QED) is 0.192. The summed E-state index contributed by atoms with van der Waals surface area (Å²) in [5.41, 5.74) is 14.7. The molecule has 8 nitrogen and oxygen atoms in total. The average Bonchev–Trinajstić information content (AvgIpc) is 3.99. The molecule has 57 heavy (non-hydrogen) atoms. The van der Waals surface area contributed by atoms with Gasteiger partial charge < -0.3 is 59.5 Å². The van der Waals surface area contributed by atoms with E-state index < -0.39 is 0 Å². The molecule has 0 unspecified atom stereocenters. The van der Waals surface area contributed by atoms with Crippen molar-refractivity contribution in [2.75, 3.05) is 7.05 Å². The molecule has 0 atom stereocenters. The van der Waals surface area contributed by atoms with E-state index >= 15 is 0 Å². The van der Waals surface area contributed by atoms with Crippen molar-refractivity contribution in [3.05, 3.63) is 203 Å². The van der Waals surface area contributed by atoms with E-state index in [-0.39, 0.29) is 70.7 Å². The summed E-state index contributed by atoms with van der Waals surface area (Å²) >= 11 is 0. The SMILES string of the molecule is CN1C=CC(=C2C3=NC(=C(c4cc[n+](C)cc4)C4=NC(=C(c5cc[n+](C)cc5)c5ccc([n-]5)C(c5cc[n+](C)cc5)=C5C=CC2=N5)C=C4)C=C3)C=C1.[Cl-].[Cl-].[Cl-].[Cl-].[Pt+2]. The van der Waals surface area contributed by atoms with E-state index in [2.05, 4.69) is 147 Å². The standard InChI is InChI=1S/C44H36N8.4ClH.Pt/c1-49-21-13-29(14-22-49)41-33-5-7-35(45-33)42(30-15-23-50(2)24-16-30)37-9-11-39(47-37)44(32-19-27-52(4)28-20-32)40-12-10-38(48-40)43(36-8-6-34(41)46-36)31-17-25-51(3)26-18-31;;;;;/h5-28H,1-4H3;4*1H;/q+2;;;;;+2/p-4. The molecule has 0 fully saturated rings. The zero-order chi connectivity index (χ0) is 35.3. The van der Waals surface area contributed by atoms with Crippen LogP contribution in [0.2, 0.25) is 0 Å². The number of nitrogens with zero attached hydrogens (tertiary/aromatic N) is 8. The smallest absolute Gasteiger partial charge is 1.00 e. The maximum atomic E-state index is 5.35. The van der Waals surface area contributed by atoms with Crippen molar-refractivity contribution >= 4 is 33.9 Å². The van der Waals surface area contributed by atoms with Gasteiger partial charge in [-0.05, 0) is 82.0 Å². The molecule has 8 bridgehead atoms. The van der Waals surface area contributed by atoms with Crippen LogP contribution in [0.4, 0.5) is 0 Å². The molecule has 5 aliphatic rings. The molecular formula is C44H36Cl4N8Pt. The number of pyridine rings is 3. The minimum Gasteiger partial charge on any atom is -1.00 e. The van der Waals surface area contributed by atoms with Crippen molar-refractivity contribution in [2.45, 2.75) is 0 Å². The second kappa shape index (κ2) is 18.5. The van der Waals surface area contributed by atoms with E-state index in [0.717, 1.165) is 90.2 Å². The van der Waals surface area contributed by atoms with Crippen molar-refractivity contribution in [1.82, 2.24) is 9.88 Å². The van der Waals surface area contributed by atoms with E-state index in [4.69, 9.17) is 20.0 Å². The maximum Gasteiger partial charge on any atom is 2.00 e. The monoisotopic (exact) mass is 1010 g/mol. The molecule has 9 rings (SSSR count). The van der Waals surface area contributed by atoms with Gasteiger partial charge in [-0.3, -0.25) is 0 Å². The second-order valence-electron chi connectivity index (χ2n) is 13.4. The summed E-state index contributed by atoms with van der Waals surface area (Å²) < 4.78 is 6.11. The Kier molecular flexibility index (Phi) is 14.6. The Morgan fingerprint density at radius 3 is 1.16 bits per heavy atom. The van der Waals surface area contributed by atoms with Gasteiger partial charge in [0.15, 0.2) is 37.2 Å². The average molecular weight is 1010 g/mol. The predicted octanol–water partition coefficient (Wildman–Crippen LogP) is -6.62. The molecule has 9 heterocycles. The van der Waals surface area contributed by atoms with Crippen LogP contribution in [0.15, 0.2) is 190 Å². The van der Waals surface area contributed by atoms with E-state index in [0.29, 0.717) is 0 Å². The second-order valence-corrected chi connectivity index (χ2v) is 13.4. The Labute approximate surface area is 371 Å². The summed E-state index contributed by atoms with van der Waals surface area (Å²) in [5.74, 6) is 0. The molecule has 0 aliphatic carbocycles. The summed E-state index contributed by atoms with van der Waals surface area (Å²) in [7, 11) is 8.10. The number of aliphatic imine (C=N–C) groups is 3. The fourth-order valence-electron chi connectivity index (χ4n) is 6.94. The van der Waals surface area contributed by atoms with Crippen LogP contribution >= 0.6 is 0 Å². The topological polar surface area (TPSA) is 66.1 Å². The van der Waals surface area contributed by atoms with Crippen LogP contribution in [-0.2, 0) is 42.2 Å². The van der Waals surface area contributed by atoms with Crippen LogP contribution in [0.5, 0.6) is 0 Å². The fourth-order valence-corrected chi connectivity index (χ4v) is 6.94. The molecule has 13 heteroatoms. The number of halogens is 4. The van der Waals surface area contributed by atoms with Crippen LogP contribution in [-0.4, -0.2) is 29.1 Å². The van der Waals surface area contributed by atoms with Gasteiger partial charge >= 0.3 is 21.1 Å². The molecule has 0 saturated carbocycles. The van der Waals surface area contributed by atoms with Gasteiger partial charge in [0.2, 0.25) is 0 Å². The number of hydrogen-bond donors (Lipinski definition) is 0. The third kappa shape index (κ3) is 8.67. The van der Waals surface area contributed by atoms with Gasteiger partial charge in [0.25, 0.3) is 0 Å². The van der Waals surface area contributed by atoms with Gasteiger partial charge in [0.1, 0.15) is 21.1 Å². The third-order valence-electron chi connectivity index (χ3n) is 9.68. The number of aryl methyl sites for hydroxylation is 3. The van der Waals surface area contributed by atoms with Gasteiger partial charge in [-0.15, -0.1) is 11.4 Å². The molecular weight excluding hydrogens is 977 g/mol. The Hall–Kier alpha value is -4.95. The maximum absolute atomic E-state index is 5.35. The van der Waals surface area contributed by atoms with Crippen molar-refractivity contribution < 1.29 is 84.4 Å². The van der Waals surface area contributed by atoms with Crippen LogP contribution in [0.25, 0.3) is 16.7 Å². The van der Waals surface area contributed by atoms with Crippen LogP contribution in [0.1, 0.15) is 28.1 Å². The van der Waals surface area contributed by atoms with Crippen molar-refractivity contribution in [2.24, 2.45) is 36.1 Å². The summed E-state index contributed by atoms with van der Waals surface area (Å²) in [6.07, 6.45) is 33.3. The van der Waals surface area contributed by atoms with Gasteiger partial charge in [0.05, 0.1) is 34.2 Å². The summed E-state index contributed by atoms with van der Waals surface area (Å²) in [6, 6.07) is 16.9. The van der Waals surface area contributed by atoms with Gasteiger partial charge in [0, 0.05) is 67.0 Å². The first-order valence-electron chi connectivity index (χ1n) is 17.3. The first-order chi connectivity index (χ1) is 25.4. The first kappa shape index (κ1) is 44.8. The molecule has 4 aromatic heterocycles. The van der Waals surface area contributed by atoms with E-state index in [1.807, 2.05) is 46.8 Å². The van der Waals surface area contributed by atoms with E-state index in [1.54, 1.807) is 0 Å². The molecule has 0 aromatic carbocycles. The molecule has 5 aliphatic heterocycles. The molecule has 0 radical (unpaired) electrons. The minimum atomic E-state index is 0. The predicted molar refractivity (Wildman–Crippen MR) is 204 cm³/mol. The van der Waals surface area contributed by atoms with E-state index in [1.165, 1.54) is 0 Å². The summed E-state index contributed by atoms with van der Waals surface area (Å²) in [6.45, 7) is 0. The molecule has 0 spiro atoms. The minimum absolute atomic E-state index is 0. The Morgan fingerprint density at radius 1 is 0.439 bits per heavy atom. The van der Waals surface area contributed by atoms with Gasteiger partial charge in [-0.25, -0.2) is 28.7 Å². The van der Waals surface area contributed by atoms with Crippen molar-refractivity contribution in [3.63, 3.8) is 0 Å². The Bertz CT molecular complexity index is 2560. The Morgan fingerprint density at radius 2 is 0.772 bits per heavy atom. The normalized spacial score (nSPS) is 16.1. The van der Waals surface area contributed by atoms with Gasteiger partial charge in [-0.1, -0.05) is 12.1 Å². The molecule has 0 N–H and O–H groups in total. The summed E-state index contributed by atoms with van der Waals surface area (Å²) in [5, 5.41) is 0. The Balaban J connectivity index is 0.00000144. The van der Waals surface area contributed by atoms with Gasteiger partial charge in [-0.2, -0.15) is 0 Å². The van der Waals surface area contributed by atoms with Crippen LogP contribution in [0, 0.1) is 0 Å².